The second kappa shape index (κ2) is 11.0. The maximum atomic E-state index is 5.84. The highest BCUT2D eigenvalue weighted by atomic mass is 32.1. The van der Waals surface area contributed by atoms with Crippen LogP contribution in [-0.4, -0.2) is 66.9 Å². The molecule has 6 nitrogen and oxygen atoms in total. The van der Waals surface area contributed by atoms with Gasteiger partial charge in [-0.2, -0.15) is 0 Å². The summed E-state index contributed by atoms with van der Waals surface area (Å²) in [6.45, 7) is 11.2. The van der Waals surface area contributed by atoms with Gasteiger partial charge in [0.05, 0.1) is 12.1 Å². The fourth-order valence-corrected chi connectivity index (χ4v) is 3.35. The molecule has 0 amide bonds. The van der Waals surface area contributed by atoms with Crippen molar-refractivity contribution in [2.75, 3.05) is 51.7 Å². The molecule has 0 aliphatic heterocycles. The number of benzene rings is 1. The monoisotopic (exact) mass is 403 g/mol. The van der Waals surface area contributed by atoms with Gasteiger partial charge in [0.15, 0.2) is 5.11 Å². The van der Waals surface area contributed by atoms with Gasteiger partial charge < -0.3 is 24.5 Å². The van der Waals surface area contributed by atoms with Crippen molar-refractivity contribution in [3.63, 3.8) is 0 Å². The molecule has 0 aliphatic carbocycles. The van der Waals surface area contributed by atoms with Crippen molar-refractivity contribution in [2.45, 2.75) is 27.3 Å². The van der Waals surface area contributed by atoms with Crippen LogP contribution in [0.1, 0.15) is 26.3 Å². The maximum Gasteiger partial charge on any atom is 0.232 e. The first-order valence-electron chi connectivity index (χ1n) is 9.98. The first-order valence-corrected chi connectivity index (χ1v) is 10.4. The lowest BCUT2D eigenvalue weighted by Gasteiger charge is -2.28. The van der Waals surface area contributed by atoms with Gasteiger partial charge in [0.1, 0.15) is 5.69 Å². The van der Waals surface area contributed by atoms with Crippen LogP contribution in [0.25, 0.3) is 11.3 Å². The minimum atomic E-state index is 0.652. The van der Waals surface area contributed by atoms with Gasteiger partial charge in [-0.05, 0) is 47.1 Å². The smallest absolute Gasteiger partial charge is 0.232 e. The van der Waals surface area contributed by atoms with E-state index in [4.69, 9.17) is 16.7 Å². The molecule has 0 unspecified atom stereocenters. The zero-order valence-electron chi connectivity index (χ0n) is 17.7. The molecule has 28 heavy (non-hydrogen) atoms. The molecule has 0 aliphatic rings. The zero-order valence-corrected chi connectivity index (χ0v) is 18.6. The Kier molecular flexibility index (Phi) is 8.73. The quantitative estimate of drug-likeness (QED) is 0.610. The topological polar surface area (TPSA) is 47.8 Å². The Bertz CT molecular complexity index is 728. The van der Waals surface area contributed by atoms with E-state index in [1.165, 1.54) is 0 Å². The summed E-state index contributed by atoms with van der Waals surface area (Å²) in [4.78, 5) is 6.57. The number of likely N-dealkylation sites (N-methyl/N-ethyl adjacent to an activating group) is 1. The summed E-state index contributed by atoms with van der Waals surface area (Å²) in [5, 5.41) is 8.49. The van der Waals surface area contributed by atoms with Crippen LogP contribution < -0.4 is 10.2 Å². The fourth-order valence-electron chi connectivity index (χ4n) is 3.05. The molecule has 2 aromatic rings. The summed E-state index contributed by atoms with van der Waals surface area (Å²) in [6, 6.07) is 10.2. The lowest BCUT2D eigenvalue weighted by Crippen LogP contribution is -2.42. The van der Waals surface area contributed by atoms with Crippen molar-refractivity contribution < 1.29 is 4.52 Å². The van der Waals surface area contributed by atoms with Gasteiger partial charge in [-0.15, -0.1) is 0 Å². The molecule has 0 bridgehead atoms. The molecule has 7 heteroatoms. The minimum absolute atomic E-state index is 0.652. The summed E-state index contributed by atoms with van der Waals surface area (Å²) < 4.78 is 5.84. The Hall–Kier alpha value is -2.12. The summed E-state index contributed by atoms with van der Waals surface area (Å²) in [5.74, 6) is 0.831. The Morgan fingerprint density at radius 1 is 1.07 bits per heavy atom. The molecule has 1 N–H and O–H groups in total. The number of nitrogens with one attached hydrogen (secondary N) is 1. The van der Waals surface area contributed by atoms with Crippen molar-refractivity contribution in [1.29, 1.82) is 0 Å². The normalized spacial score (nSPS) is 10.9. The number of anilines is 1. The van der Waals surface area contributed by atoms with E-state index in [0.717, 1.165) is 60.5 Å². The van der Waals surface area contributed by atoms with Crippen LogP contribution in [0.3, 0.4) is 0 Å². The molecule has 0 spiro atoms. The Labute approximate surface area is 174 Å². The van der Waals surface area contributed by atoms with Crippen molar-refractivity contribution in [3.8, 4) is 11.3 Å². The highest BCUT2D eigenvalue weighted by Gasteiger charge is 2.24. The Morgan fingerprint density at radius 2 is 1.75 bits per heavy atom. The number of thiocarbonyl (C=S) groups is 1. The molecule has 1 aromatic carbocycles. The van der Waals surface area contributed by atoms with Crippen LogP contribution in [-0.2, 0) is 6.54 Å². The Balaban J connectivity index is 2.43. The van der Waals surface area contributed by atoms with Gasteiger partial charge in [-0.3, -0.25) is 0 Å². The summed E-state index contributed by atoms with van der Waals surface area (Å²) >= 11 is 5.66. The van der Waals surface area contributed by atoms with Crippen LogP contribution in [0, 0.1) is 0 Å². The predicted molar refractivity (Wildman–Crippen MR) is 121 cm³/mol. The lowest BCUT2D eigenvalue weighted by molar-refractivity contribution is 0.322. The van der Waals surface area contributed by atoms with Crippen molar-refractivity contribution in [2.24, 2.45) is 0 Å². The van der Waals surface area contributed by atoms with Crippen molar-refractivity contribution >= 4 is 23.2 Å². The van der Waals surface area contributed by atoms with Gasteiger partial charge in [-0.25, -0.2) is 0 Å². The number of nitrogens with zero attached hydrogens (tertiary/aromatic N) is 4. The summed E-state index contributed by atoms with van der Waals surface area (Å²) in [7, 11) is 4.15. The maximum absolute atomic E-state index is 5.84. The minimum Gasteiger partial charge on any atom is -0.363 e. The van der Waals surface area contributed by atoms with E-state index >= 15 is 0 Å². The van der Waals surface area contributed by atoms with E-state index in [9.17, 15) is 0 Å². The molecular weight excluding hydrogens is 370 g/mol. The van der Waals surface area contributed by atoms with Crippen LogP contribution in [0.5, 0.6) is 0 Å². The Morgan fingerprint density at radius 3 is 2.32 bits per heavy atom. The highest BCUT2D eigenvalue weighted by Crippen LogP contribution is 2.32. The van der Waals surface area contributed by atoms with Gasteiger partial charge in [0.2, 0.25) is 5.88 Å². The van der Waals surface area contributed by atoms with E-state index in [1.807, 2.05) is 18.2 Å². The number of rotatable bonds is 10. The van der Waals surface area contributed by atoms with Crippen LogP contribution in [0.4, 0.5) is 5.88 Å². The highest BCUT2D eigenvalue weighted by molar-refractivity contribution is 7.80. The third-order valence-electron chi connectivity index (χ3n) is 4.65. The summed E-state index contributed by atoms with van der Waals surface area (Å²) in [6.07, 6.45) is 0. The largest absolute Gasteiger partial charge is 0.363 e. The fraction of sp³-hybridized carbons (Fsp3) is 0.524. The first kappa shape index (κ1) is 22.2. The van der Waals surface area contributed by atoms with Crippen molar-refractivity contribution in [3.05, 3.63) is 35.9 Å². The SMILES string of the molecule is CCNC(=S)N(CCN(C)C)Cc1c(-c2ccccc2)noc1N(CC)CC. The molecule has 0 radical (unpaired) electrons. The van der Waals surface area contributed by atoms with E-state index in [0.29, 0.717) is 6.54 Å². The van der Waals surface area contributed by atoms with Crippen molar-refractivity contribution in [1.82, 2.24) is 20.3 Å². The number of aromatic nitrogens is 1. The van der Waals surface area contributed by atoms with E-state index in [2.05, 4.69) is 72.2 Å². The molecule has 0 fully saturated rings. The molecule has 0 saturated heterocycles. The summed E-state index contributed by atoms with van der Waals surface area (Å²) in [5.41, 5.74) is 3.02. The van der Waals surface area contributed by atoms with Crippen LogP contribution in [0.15, 0.2) is 34.9 Å². The molecule has 1 heterocycles. The van der Waals surface area contributed by atoms with Gasteiger partial charge in [0, 0.05) is 38.3 Å². The van der Waals surface area contributed by atoms with Gasteiger partial charge in [0.25, 0.3) is 0 Å². The van der Waals surface area contributed by atoms with Gasteiger partial charge >= 0.3 is 0 Å². The standard InChI is InChI=1S/C21H33N5OS/c1-6-22-21(28)26(15-14-24(4)5)16-18-19(17-12-10-9-11-13-17)23-27-20(18)25(7-2)8-3/h9-13H,6-8,14-16H2,1-5H3,(H,22,28). The molecule has 0 atom stereocenters. The average Bonchev–Trinajstić information content (AvgIpc) is 3.10. The third-order valence-corrected chi connectivity index (χ3v) is 5.05. The molecule has 0 saturated carbocycles. The second-order valence-corrected chi connectivity index (χ2v) is 7.30. The molecule has 154 valence electrons. The van der Waals surface area contributed by atoms with E-state index in [-0.39, 0.29) is 0 Å². The number of hydrogen-bond donors (Lipinski definition) is 1. The lowest BCUT2D eigenvalue weighted by atomic mass is 10.1. The first-order chi connectivity index (χ1) is 13.5. The molecular formula is C21H33N5OS. The van der Waals surface area contributed by atoms with E-state index < -0.39 is 0 Å². The predicted octanol–water partition coefficient (Wildman–Crippen LogP) is 3.45. The molecule has 2 rings (SSSR count). The molecule has 1 aromatic heterocycles. The van der Waals surface area contributed by atoms with E-state index in [1.54, 1.807) is 0 Å². The van der Waals surface area contributed by atoms with Gasteiger partial charge in [-0.1, -0.05) is 35.5 Å². The van der Waals surface area contributed by atoms with Crippen LogP contribution >= 0.6 is 12.2 Å². The number of hydrogen-bond acceptors (Lipinski definition) is 5. The average molecular weight is 404 g/mol. The third kappa shape index (κ3) is 5.69. The van der Waals surface area contributed by atoms with Crippen LogP contribution in [0.2, 0.25) is 0 Å². The zero-order chi connectivity index (χ0) is 20.5. The second-order valence-electron chi connectivity index (χ2n) is 6.91.